The molecule has 0 aliphatic carbocycles. The lowest BCUT2D eigenvalue weighted by molar-refractivity contribution is 0.0926. The number of rotatable bonds is 5. The van der Waals surface area contributed by atoms with Gasteiger partial charge in [-0.2, -0.15) is 15.4 Å². The number of aromatic nitrogens is 3. The second-order valence-corrected chi connectivity index (χ2v) is 5.06. The van der Waals surface area contributed by atoms with E-state index in [9.17, 15) is 14.7 Å². The summed E-state index contributed by atoms with van der Waals surface area (Å²) < 4.78 is 0. The molecule has 2 amide bonds. The van der Waals surface area contributed by atoms with Crippen LogP contribution in [-0.2, 0) is 0 Å². The summed E-state index contributed by atoms with van der Waals surface area (Å²) in [6.07, 6.45) is 0. The number of nitrogens with one attached hydrogen (secondary N) is 3. The van der Waals surface area contributed by atoms with E-state index in [1.165, 1.54) is 12.1 Å². The van der Waals surface area contributed by atoms with Crippen LogP contribution >= 0.6 is 0 Å². The summed E-state index contributed by atoms with van der Waals surface area (Å²) in [5.41, 5.74) is 1.95. The number of fused-ring (bicyclic) bond motifs is 1. The van der Waals surface area contributed by atoms with Crippen molar-refractivity contribution in [1.29, 1.82) is 0 Å². The Morgan fingerprint density at radius 3 is 2.46 bits per heavy atom. The molecule has 0 bridgehead atoms. The Morgan fingerprint density at radius 2 is 1.67 bits per heavy atom. The Kier molecular flexibility index (Phi) is 4.37. The predicted octanol–water partition coefficient (Wildman–Crippen LogP) is 0.823. The third kappa shape index (κ3) is 3.32. The molecule has 1 aromatic heterocycles. The lowest BCUT2D eigenvalue weighted by Gasteiger charge is -2.08. The maximum atomic E-state index is 12.1. The number of aromatic amines is 1. The number of aromatic hydroxyl groups is 1. The molecule has 8 heteroatoms. The monoisotopic (exact) mass is 325 g/mol. The highest BCUT2D eigenvalue weighted by molar-refractivity contribution is 5.98. The number of amides is 2. The van der Waals surface area contributed by atoms with Crippen LogP contribution in [0.25, 0.3) is 11.0 Å². The van der Waals surface area contributed by atoms with Crippen LogP contribution in [-0.4, -0.2) is 45.4 Å². The predicted molar refractivity (Wildman–Crippen MR) is 86.7 cm³/mol. The van der Waals surface area contributed by atoms with Crippen LogP contribution in [0.5, 0.6) is 5.75 Å². The van der Waals surface area contributed by atoms with Crippen molar-refractivity contribution in [3.05, 3.63) is 53.6 Å². The zero-order valence-electron chi connectivity index (χ0n) is 12.6. The Labute approximate surface area is 136 Å². The molecule has 2 aromatic carbocycles. The molecular weight excluding hydrogens is 310 g/mol. The fourth-order valence-electron chi connectivity index (χ4n) is 2.20. The quantitative estimate of drug-likeness (QED) is 0.518. The zero-order valence-corrected chi connectivity index (χ0v) is 12.6. The van der Waals surface area contributed by atoms with Crippen LogP contribution in [0.4, 0.5) is 0 Å². The highest BCUT2D eigenvalue weighted by atomic mass is 16.3. The molecule has 0 saturated carbocycles. The average Bonchev–Trinajstić information content (AvgIpc) is 3.06. The fourth-order valence-corrected chi connectivity index (χ4v) is 2.20. The van der Waals surface area contributed by atoms with Crippen LogP contribution < -0.4 is 10.6 Å². The Balaban J connectivity index is 1.50. The maximum Gasteiger partial charge on any atom is 0.255 e. The number of phenolic OH excluding ortho intramolecular Hbond substituents is 1. The molecule has 0 radical (unpaired) electrons. The lowest BCUT2D eigenvalue weighted by atomic mass is 10.2. The second-order valence-electron chi connectivity index (χ2n) is 5.06. The van der Waals surface area contributed by atoms with Crippen molar-refractivity contribution in [1.82, 2.24) is 26.0 Å². The van der Waals surface area contributed by atoms with E-state index >= 15 is 0 Å². The van der Waals surface area contributed by atoms with E-state index in [0.29, 0.717) is 16.6 Å². The molecule has 3 aromatic rings. The van der Waals surface area contributed by atoms with E-state index in [-0.39, 0.29) is 30.3 Å². The first-order valence-corrected chi connectivity index (χ1v) is 7.30. The molecule has 4 N–H and O–H groups in total. The van der Waals surface area contributed by atoms with Crippen molar-refractivity contribution < 1.29 is 14.7 Å². The van der Waals surface area contributed by atoms with Crippen LogP contribution in [0.3, 0.4) is 0 Å². The Bertz CT molecular complexity index is 890. The molecule has 0 saturated heterocycles. The largest absolute Gasteiger partial charge is 0.507 e. The van der Waals surface area contributed by atoms with E-state index in [2.05, 4.69) is 26.0 Å². The third-order valence-corrected chi connectivity index (χ3v) is 3.42. The fraction of sp³-hybridized carbons (Fsp3) is 0.125. The molecule has 0 unspecified atom stereocenters. The van der Waals surface area contributed by atoms with Crippen molar-refractivity contribution in [3.63, 3.8) is 0 Å². The minimum Gasteiger partial charge on any atom is -0.507 e. The molecule has 24 heavy (non-hydrogen) atoms. The Morgan fingerprint density at radius 1 is 0.958 bits per heavy atom. The standard InChI is InChI=1S/C16H15N5O3/c22-14-4-2-1-3-11(14)16(24)18-8-7-17-15(23)10-5-6-12-13(9-10)20-21-19-12/h1-6,9,22H,7-8H2,(H,17,23)(H,18,24)(H,19,20,21). The third-order valence-electron chi connectivity index (χ3n) is 3.42. The minimum atomic E-state index is -0.397. The van der Waals surface area contributed by atoms with Gasteiger partial charge in [-0.25, -0.2) is 0 Å². The summed E-state index contributed by atoms with van der Waals surface area (Å²) in [6.45, 7) is 0.500. The number of nitrogens with zero attached hydrogens (tertiary/aromatic N) is 2. The molecular formula is C16H15N5O3. The summed E-state index contributed by atoms with van der Waals surface area (Å²) in [5, 5.41) is 25.3. The minimum absolute atomic E-state index is 0.0834. The van der Waals surface area contributed by atoms with Crippen LogP contribution in [0, 0.1) is 0 Å². The first-order chi connectivity index (χ1) is 11.6. The second kappa shape index (κ2) is 6.78. The lowest BCUT2D eigenvalue weighted by Crippen LogP contribution is -2.34. The van der Waals surface area contributed by atoms with Gasteiger partial charge in [-0.3, -0.25) is 9.59 Å². The van der Waals surface area contributed by atoms with Crippen molar-refractivity contribution in [2.75, 3.05) is 13.1 Å². The van der Waals surface area contributed by atoms with Gasteiger partial charge in [-0.05, 0) is 30.3 Å². The van der Waals surface area contributed by atoms with Gasteiger partial charge < -0.3 is 15.7 Å². The van der Waals surface area contributed by atoms with Crippen molar-refractivity contribution in [3.8, 4) is 5.75 Å². The van der Waals surface area contributed by atoms with Gasteiger partial charge in [0.2, 0.25) is 0 Å². The molecule has 0 fully saturated rings. The molecule has 0 aliphatic rings. The number of phenols is 1. The number of carbonyl (C=O) groups excluding carboxylic acids is 2. The average molecular weight is 325 g/mol. The van der Waals surface area contributed by atoms with Gasteiger partial charge >= 0.3 is 0 Å². The first kappa shape index (κ1) is 15.5. The first-order valence-electron chi connectivity index (χ1n) is 7.30. The topological polar surface area (TPSA) is 120 Å². The summed E-state index contributed by atoms with van der Waals surface area (Å²) >= 11 is 0. The van der Waals surface area contributed by atoms with Crippen LogP contribution in [0.2, 0.25) is 0 Å². The molecule has 122 valence electrons. The number of carbonyl (C=O) groups is 2. The van der Waals surface area contributed by atoms with E-state index in [1.807, 2.05) is 0 Å². The van der Waals surface area contributed by atoms with Crippen molar-refractivity contribution in [2.45, 2.75) is 0 Å². The molecule has 0 atom stereocenters. The Hall–Kier alpha value is -3.42. The van der Waals surface area contributed by atoms with E-state index in [0.717, 1.165) is 0 Å². The summed E-state index contributed by atoms with van der Waals surface area (Å²) in [6, 6.07) is 11.3. The summed E-state index contributed by atoms with van der Waals surface area (Å²) in [7, 11) is 0. The SMILES string of the molecule is O=C(NCCNC(=O)c1ccccc1O)c1ccc2n[nH]nc2c1. The van der Waals surface area contributed by atoms with Crippen LogP contribution in [0.15, 0.2) is 42.5 Å². The van der Waals surface area contributed by atoms with Gasteiger partial charge in [0.05, 0.1) is 5.56 Å². The molecule has 8 nitrogen and oxygen atoms in total. The van der Waals surface area contributed by atoms with Gasteiger partial charge in [-0.1, -0.05) is 12.1 Å². The highest BCUT2D eigenvalue weighted by Crippen LogP contribution is 2.14. The van der Waals surface area contributed by atoms with E-state index in [4.69, 9.17) is 0 Å². The number of hydrogen-bond acceptors (Lipinski definition) is 5. The van der Waals surface area contributed by atoms with Crippen molar-refractivity contribution in [2.24, 2.45) is 0 Å². The van der Waals surface area contributed by atoms with Gasteiger partial charge in [0.1, 0.15) is 16.8 Å². The van der Waals surface area contributed by atoms with Gasteiger partial charge in [0.25, 0.3) is 11.8 Å². The van der Waals surface area contributed by atoms with Gasteiger partial charge in [0.15, 0.2) is 0 Å². The van der Waals surface area contributed by atoms with Crippen LogP contribution in [0.1, 0.15) is 20.7 Å². The molecule has 1 heterocycles. The maximum absolute atomic E-state index is 12.1. The van der Waals surface area contributed by atoms with E-state index < -0.39 is 5.91 Å². The van der Waals surface area contributed by atoms with Gasteiger partial charge in [-0.15, -0.1) is 0 Å². The number of para-hydroxylation sites is 1. The molecule has 3 rings (SSSR count). The highest BCUT2D eigenvalue weighted by Gasteiger charge is 2.10. The number of benzene rings is 2. The number of hydrogen-bond donors (Lipinski definition) is 4. The summed E-state index contributed by atoms with van der Waals surface area (Å²) in [4.78, 5) is 24.0. The number of H-pyrrole nitrogens is 1. The zero-order chi connectivity index (χ0) is 16.9. The van der Waals surface area contributed by atoms with Gasteiger partial charge in [0, 0.05) is 18.7 Å². The smallest absolute Gasteiger partial charge is 0.255 e. The summed E-state index contributed by atoms with van der Waals surface area (Å²) in [5.74, 6) is -0.747. The molecule has 0 aliphatic heterocycles. The molecule has 0 spiro atoms. The normalized spacial score (nSPS) is 10.5. The van der Waals surface area contributed by atoms with E-state index in [1.54, 1.807) is 30.3 Å². The van der Waals surface area contributed by atoms with Crippen molar-refractivity contribution >= 4 is 22.8 Å².